The Labute approximate surface area is 124 Å². The summed E-state index contributed by atoms with van der Waals surface area (Å²) in [6.07, 6.45) is 0. The monoisotopic (exact) mass is 306 g/mol. The first-order valence-electron chi connectivity index (χ1n) is 5.99. The maximum absolute atomic E-state index is 11.4. The fourth-order valence-electron chi connectivity index (χ4n) is 2.26. The number of carbonyl (C=O) groups is 1. The van der Waals surface area contributed by atoms with Gasteiger partial charge < -0.3 is 9.67 Å². The van der Waals surface area contributed by atoms with Crippen LogP contribution in [0.3, 0.4) is 0 Å². The predicted octanol–water partition coefficient (Wildman–Crippen LogP) is 3.81. The highest BCUT2D eigenvalue weighted by Gasteiger charge is 2.16. The molecule has 6 heteroatoms. The molecule has 0 radical (unpaired) electrons. The molecule has 0 aliphatic rings. The second-order valence-corrected chi connectivity index (χ2v) is 6.23. The van der Waals surface area contributed by atoms with Crippen molar-refractivity contribution in [2.75, 3.05) is 0 Å². The number of aromatic nitrogens is 2. The molecule has 2 aromatic heterocycles. The average Bonchev–Trinajstić information content (AvgIpc) is 2.94. The summed E-state index contributed by atoms with van der Waals surface area (Å²) in [7, 11) is 0. The molecule has 0 unspecified atom stereocenters. The summed E-state index contributed by atoms with van der Waals surface area (Å²) < 4.78 is 2.64. The van der Waals surface area contributed by atoms with Crippen molar-refractivity contribution in [2.45, 2.75) is 13.5 Å². The molecule has 20 heavy (non-hydrogen) atoms. The van der Waals surface area contributed by atoms with Crippen LogP contribution >= 0.6 is 22.9 Å². The van der Waals surface area contributed by atoms with Crippen molar-refractivity contribution in [3.05, 3.63) is 50.9 Å². The molecule has 4 nitrogen and oxygen atoms in total. The van der Waals surface area contributed by atoms with Crippen LogP contribution in [0.1, 0.15) is 21.1 Å². The van der Waals surface area contributed by atoms with Gasteiger partial charge in [0.1, 0.15) is 5.82 Å². The predicted molar refractivity (Wildman–Crippen MR) is 79.9 cm³/mol. The number of carboxylic acids is 1. The first kappa shape index (κ1) is 13.1. The van der Waals surface area contributed by atoms with E-state index in [-0.39, 0.29) is 5.56 Å². The largest absolute Gasteiger partial charge is 0.478 e. The number of nitrogens with zero attached hydrogens (tertiary/aromatic N) is 2. The van der Waals surface area contributed by atoms with Gasteiger partial charge in [0, 0.05) is 4.88 Å². The molecule has 3 rings (SSSR count). The Morgan fingerprint density at radius 3 is 2.85 bits per heavy atom. The van der Waals surface area contributed by atoms with Crippen molar-refractivity contribution in [1.82, 2.24) is 9.55 Å². The van der Waals surface area contributed by atoms with Crippen LogP contribution < -0.4 is 0 Å². The minimum Gasteiger partial charge on any atom is -0.478 e. The van der Waals surface area contributed by atoms with Gasteiger partial charge in [-0.25, -0.2) is 9.78 Å². The Hall–Kier alpha value is -1.85. The maximum Gasteiger partial charge on any atom is 0.337 e. The third-order valence-electron chi connectivity index (χ3n) is 3.13. The molecule has 2 heterocycles. The lowest BCUT2D eigenvalue weighted by molar-refractivity contribution is 0.0698. The Kier molecular flexibility index (Phi) is 3.23. The number of para-hydroxylation sites is 1. The van der Waals surface area contributed by atoms with Gasteiger partial charge in [-0.1, -0.05) is 17.7 Å². The SMILES string of the molecule is Cc1nc2cccc(C(=O)O)c2n1Cc1ccc(Cl)s1. The third kappa shape index (κ3) is 2.19. The zero-order valence-corrected chi connectivity index (χ0v) is 12.2. The molecule has 0 saturated heterocycles. The minimum absolute atomic E-state index is 0.269. The van der Waals surface area contributed by atoms with Crippen molar-refractivity contribution in [3.8, 4) is 0 Å². The molecule has 1 aromatic carbocycles. The number of thiophene rings is 1. The van der Waals surface area contributed by atoms with Crippen molar-refractivity contribution in [1.29, 1.82) is 0 Å². The zero-order chi connectivity index (χ0) is 14.3. The van der Waals surface area contributed by atoms with Gasteiger partial charge in [0.25, 0.3) is 0 Å². The molecular weight excluding hydrogens is 296 g/mol. The molecule has 102 valence electrons. The van der Waals surface area contributed by atoms with Crippen LogP contribution in [0.2, 0.25) is 4.34 Å². The second-order valence-electron chi connectivity index (χ2n) is 4.43. The number of rotatable bonds is 3. The Morgan fingerprint density at radius 2 is 2.20 bits per heavy atom. The van der Waals surface area contributed by atoms with Crippen LogP contribution in [0, 0.1) is 6.92 Å². The molecule has 0 fully saturated rings. The molecule has 0 atom stereocenters. The normalized spacial score (nSPS) is 11.1. The fourth-order valence-corrected chi connectivity index (χ4v) is 3.34. The van der Waals surface area contributed by atoms with Crippen molar-refractivity contribution >= 4 is 39.9 Å². The quantitative estimate of drug-likeness (QED) is 0.800. The summed E-state index contributed by atoms with van der Waals surface area (Å²) in [6, 6.07) is 8.93. The standard InChI is InChI=1S/C14H11ClN2O2S/c1-8-16-11-4-2-3-10(14(18)19)13(11)17(8)7-9-5-6-12(15)20-9/h2-6H,7H2,1H3,(H,18,19). The Balaban J connectivity index is 2.18. The lowest BCUT2D eigenvalue weighted by atomic mass is 10.2. The smallest absolute Gasteiger partial charge is 0.337 e. The molecule has 0 aliphatic heterocycles. The van der Waals surface area contributed by atoms with E-state index in [1.807, 2.05) is 29.7 Å². The van der Waals surface area contributed by atoms with Gasteiger partial charge in [-0.15, -0.1) is 11.3 Å². The minimum atomic E-state index is -0.944. The first-order valence-corrected chi connectivity index (χ1v) is 7.19. The first-order chi connectivity index (χ1) is 9.56. The van der Waals surface area contributed by atoms with Crippen molar-refractivity contribution in [3.63, 3.8) is 0 Å². The molecule has 0 spiro atoms. The summed E-state index contributed by atoms with van der Waals surface area (Å²) in [5, 5.41) is 9.33. The highest BCUT2D eigenvalue weighted by Crippen LogP contribution is 2.26. The number of benzene rings is 1. The molecule has 0 saturated carbocycles. The highest BCUT2D eigenvalue weighted by molar-refractivity contribution is 7.16. The van der Waals surface area contributed by atoms with E-state index in [0.717, 1.165) is 15.0 Å². The van der Waals surface area contributed by atoms with Crippen molar-refractivity contribution in [2.24, 2.45) is 0 Å². The van der Waals surface area contributed by atoms with Crippen LogP contribution in [0.25, 0.3) is 11.0 Å². The fraction of sp³-hybridized carbons (Fsp3) is 0.143. The van der Waals surface area contributed by atoms with Crippen LogP contribution in [-0.4, -0.2) is 20.6 Å². The summed E-state index contributed by atoms with van der Waals surface area (Å²) in [6.45, 7) is 2.45. The van der Waals surface area contributed by atoms with Crippen LogP contribution in [0.5, 0.6) is 0 Å². The van der Waals surface area contributed by atoms with Gasteiger partial charge in [-0.05, 0) is 31.2 Å². The van der Waals surface area contributed by atoms with E-state index in [0.29, 0.717) is 17.6 Å². The number of carboxylic acid groups (broad SMARTS) is 1. The van der Waals surface area contributed by atoms with Gasteiger partial charge in [-0.2, -0.15) is 0 Å². The summed E-state index contributed by atoms with van der Waals surface area (Å²) in [5.41, 5.74) is 1.62. The average molecular weight is 307 g/mol. The second kappa shape index (κ2) is 4.92. The van der Waals surface area contributed by atoms with E-state index in [1.54, 1.807) is 12.1 Å². The van der Waals surface area contributed by atoms with E-state index in [2.05, 4.69) is 4.98 Å². The van der Waals surface area contributed by atoms with Gasteiger partial charge in [0.15, 0.2) is 0 Å². The lowest BCUT2D eigenvalue weighted by Gasteiger charge is -2.07. The molecule has 0 amide bonds. The van der Waals surface area contributed by atoms with Crippen LogP contribution in [0.4, 0.5) is 0 Å². The van der Waals surface area contributed by atoms with Crippen molar-refractivity contribution < 1.29 is 9.90 Å². The topological polar surface area (TPSA) is 55.1 Å². The number of halogens is 1. The lowest BCUT2D eigenvalue weighted by Crippen LogP contribution is -2.05. The number of fused-ring (bicyclic) bond motifs is 1. The van der Waals surface area contributed by atoms with E-state index in [1.165, 1.54) is 11.3 Å². The molecule has 1 N–H and O–H groups in total. The molecule has 0 aliphatic carbocycles. The van der Waals surface area contributed by atoms with Gasteiger partial charge >= 0.3 is 5.97 Å². The zero-order valence-electron chi connectivity index (χ0n) is 10.6. The van der Waals surface area contributed by atoms with E-state index < -0.39 is 5.97 Å². The van der Waals surface area contributed by atoms with Gasteiger partial charge in [0.2, 0.25) is 0 Å². The Bertz CT molecular complexity index is 807. The summed E-state index contributed by atoms with van der Waals surface area (Å²) in [5.74, 6) is -0.154. The van der Waals surface area contributed by atoms with Crippen LogP contribution in [-0.2, 0) is 6.54 Å². The van der Waals surface area contributed by atoms with E-state index >= 15 is 0 Å². The molecular formula is C14H11ClN2O2S. The van der Waals surface area contributed by atoms with Crippen LogP contribution in [0.15, 0.2) is 30.3 Å². The van der Waals surface area contributed by atoms with Gasteiger partial charge in [0.05, 0.1) is 27.5 Å². The summed E-state index contributed by atoms with van der Waals surface area (Å²) in [4.78, 5) is 16.9. The maximum atomic E-state index is 11.4. The summed E-state index contributed by atoms with van der Waals surface area (Å²) >= 11 is 7.43. The number of hydrogen-bond donors (Lipinski definition) is 1. The Morgan fingerprint density at radius 1 is 1.40 bits per heavy atom. The number of imidazole rings is 1. The molecule has 0 bridgehead atoms. The van der Waals surface area contributed by atoms with E-state index in [4.69, 9.17) is 11.6 Å². The van der Waals surface area contributed by atoms with Gasteiger partial charge in [-0.3, -0.25) is 0 Å². The molecule has 3 aromatic rings. The number of aryl methyl sites for hydroxylation is 1. The third-order valence-corrected chi connectivity index (χ3v) is 4.35. The number of aromatic carboxylic acids is 1. The highest BCUT2D eigenvalue weighted by atomic mass is 35.5. The van der Waals surface area contributed by atoms with E-state index in [9.17, 15) is 9.90 Å². The number of hydrogen-bond acceptors (Lipinski definition) is 3.